The minimum Gasteiger partial charge on any atom is -0.192 e. The lowest BCUT2D eigenvalue weighted by Gasteiger charge is -2.03. The second-order valence-corrected chi connectivity index (χ2v) is 4.52. The molecule has 0 N–H and O–H groups in total. The number of nitriles is 1. The summed E-state index contributed by atoms with van der Waals surface area (Å²) in [5.41, 5.74) is 1.95. The molecule has 0 spiro atoms. The Kier molecular flexibility index (Phi) is 4.86. The number of rotatable bonds is 4. The van der Waals surface area contributed by atoms with Crippen LogP contribution in [0.3, 0.4) is 0 Å². The summed E-state index contributed by atoms with van der Waals surface area (Å²) in [6.45, 7) is 2.03. The van der Waals surface area contributed by atoms with E-state index in [0.717, 1.165) is 22.6 Å². The molecule has 0 bridgehead atoms. The van der Waals surface area contributed by atoms with Crippen molar-refractivity contribution in [3.05, 3.63) is 29.3 Å². The van der Waals surface area contributed by atoms with Crippen LogP contribution in [0.2, 0.25) is 0 Å². The van der Waals surface area contributed by atoms with Crippen LogP contribution in [0.1, 0.15) is 17.5 Å². The van der Waals surface area contributed by atoms with E-state index in [0.29, 0.717) is 5.88 Å². The van der Waals surface area contributed by atoms with Crippen LogP contribution in [0, 0.1) is 18.3 Å². The van der Waals surface area contributed by atoms with Crippen LogP contribution in [0.15, 0.2) is 23.1 Å². The molecule has 0 aliphatic rings. The van der Waals surface area contributed by atoms with Crippen molar-refractivity contribution in [2.45, 2.75) is 18.2 Å². The molecule has 0 aliphatic heterocycles. The first-order valence-electron chi connectivity index (χ1n) is 4.47. The molecule has 1 aromatic carbocycles. The lowest BCUT2D eigenvalue weighted by atomic mass is 10.2. The molecule has 1 aromatic rings. The molecule has 0 aliphatic carbocycles. The maximum absolute atomic E-state index is 8.88. The Hall–Kier alpha value is -0.650. The van der Waals surface area contributed by atoms with Crippen LogP contribution >= 0.6 is 23.4 Å². The number of nitrogens with zero attached hydrogens (tertiary/aromatic N) is 1. The smallest absolute Gasteiger partial charge is 0.100 e. The predicted octanol–water partition coefficient (Wildman–Crippen LogP) is 3.59. The SMILES string of the molecule is Cc1ccc(C#N)c(SCCCCl)c1. The number of hydrogen-bond acceptors (Lipinski definition) is 2. The summed E-state index contributed by atoms with van der Waals surface area (Å²) < 4.78 is 0. The summed E-state index contributed by atoms with van der Waals surface area (Å²) >= 11 is 7.30. The molecule has 0 fully saturated rings. The zero-order valence-electron chi connectivity index (χ0n) is 8.09. The summed E-state index contributed by atoms with van der Waals surface area (Å²) in [4.78, 5) is 1.07. The van der Waals surface area contributed by atoms with Gasteiger partial charge in [-0.05, 0) is 36.8 Å². The first-order chi connectivity index (χ1) is 6.77. The quantitative estimate of drug-likeness (QED) is 0.444. The van der Waals surface area contributed by atoms with E-state index in [1.807, 2.05) is 19.1 Å². The third-order valence-electron chi connectivity index (χ3n) is 1.79. The Labute approximate surface area is 94.1 Å². The van der Waals surface area contributed by atoms with E-state index in [1.54, 1.807) is 11.8 Å². The normalized spacial score (nSPS) is 9.79. The fraction of sp³-hybridized carbons (Fsp3) is 0.364. The highest BCUT2D eigenvalue weighted by atomic mass is 35.5. The third kappa shape index (κ3) is 3.25. The van der Waals surface area contributed by atoms with Crippen molar-refractivity contribution in [2.75, 3.05) is 11.6 Å². The molecule has 74 valence electrons. The van der Waals surface area contributed by atoms with Gasteiger partial charge in [0.05, 0.1) is 5.56 Å². The molecule has 0 amide bonds. The summed E-state index contributed by atoms with van der Waals surface area (Å²) in [7, 11) is 0. The van der Waals surface area contributed by atoms with Gasteiger partial charge in [0.15, 0.2) is 0 Å². The first kappa shape index (κ1) is 11.4. The van der Waals surface area contributed by atoms with E-state index < -0.39 is 0 Å². The second kappa shape index (κ2) is 5.95. The van der Waals surface area contributed by atoms with Gasteiger partial charge in [-0.15, -0.1) is 23.4 Å². The molecule has 0 saturated carbocycles. The predicted molar refractivity (Wildman–Crippen MR) is 62.0 cm³/mol. The zero-order valence-corrected chi connectivity index (χ0v) is 9.66. The van der Waals surface area contributed by atoms with Crippen LogP contribution in [-0.4, -0.2) is 11.6 Å². The largest absolute Gasteiger partial charge is 0.192 e. The maximum atomic E-state index is 8.88. The maximum Gasteiger partial charge on any atom is 0.100 e. The van der Waals surface area contributed by atoms with Gasteiger partial charge in [-0.3, -0.25) is 0 Å². The fourth-order valence-electron chi connectivity index (χ4n) is 1.08. The summed E-state index contributed by atoms with van der Waals surface area (Å²) in [5, 5.41) is 8.88. The second-order valence-electron chi connectivity index (χ2n) is 3.00. The highest BCUT2D eigenvalue weighted by Crippen LogP contribution is 2.24. The number of hydrogen-bond donors (Lipinski definition) is 0. The summed E-state index contributed by atoms with van der Waals surface area (Å²) in [5.74, 6) is 1.66. The minimum absolute atomic E-state index is 0.681. The summed E-state index contributed by atoms with van der Waals surface area (Å²) in [6.07, 6.45) is 0.977. The number of benzene rings is 1. The van der Waals surface area contributed by atoms with Gasteiger partial charge in [0, 0.05) is 10.8 Å². The number of halogens is 1. The van der Waals surface area contributed by atoms with E-state index in [-0.39, 0.29) is 0 Å². The average molecular weight is 226 g/mol. The molecule has 14 heavy (non-hydrogen) atoms. The molecule has 0 aromatic heterocycles. The van der Waals surface area contributed by atoms with Crippen molar-refractivity contribution >= 4 is 23.4 Å². The molecule has 0 unspecified atom stereocenters. The molecule has 0 saturated heterocycles. The Bertz CT molecular complexity index is 344. The molecular formula is C11H12ClNS. The van der Waals surface area contributed by atoms with Gasteiger partial charge >= 0.3 is 0 Å². The topological polar surface area (TPSA) is 23.8 Å². The van der Waals surface area contributed by atoms with Crippen LogP contribution in [0.5, 0.6) is 0 Å². The highest BCUT2D eigenvalue weighted by molar-refractivity contribution is 7.99. The van der Waals surface area contributed by atoms with Crippen molar-refractivity contribution in [1.82, 2.24) is 0 Å². The molecule has 1 rings (SSSR count). The Morgan fingerprint density at radius 1 is 1.50 bits per heavy atom. The molecular weight excluding hydrogens is 214 g/mol. The van der Waals surface area contributed by atoms with Crippen LogP contribution in [0.25, 0.3) is 0 Å². The standard InChI is InChI=1S/C11H12ClNS/c1-9-3-4-10(8-13)11(7-9)14-6-2-5-12/h3-4,7H,2,5-6H2,1H3. The van der Waals surface area contributed by atoms with Gasteiger partial charge in [-0.25, -0.2) is 0 Å². The zero-order chi connectivity index (χ0) is 10.4. The minimum atomic E-state index is 0.681. The lowest BCUT2D eigenvalue weighted by molar-refractivity contribution is 1.11. The molecule has 0 atom stereocenters. The Morgan fingerprint density at radius 2 is 2.29 bits per heavy atom. The van der Waals surface area contributed by atoms with Crippen molar-refractivity contribution in [3.63, 3.8) is 0 Å². The van der Waals surface area contributed by atoms with Crippen molar-refractivity contribution in [1.29, 1.82) is 5.26 Å². The molecule has 1 nitrogen and oxygen atoms in total. The first-order valence-corrected chi connectivity index (χ1v) is 5.99. The number of aryl methyl sites for hydroxylation is 1. The van der Waals surface area contributed by atoms with Crippen molar-refractivity contribution in [3.8, 4) is 6.07 Å². The van der Waals surface area contributed by atoms with Gasteiger partial charge < -0.3 is 0 Å². The van der Waals surface area contributed by atoms with E-state index in [9.17, 15) is 0 Å². The Balaban J connectivity index is 2.73. The number of alkyl halides is 1. The molecule has 0 heterocycles. The molecule has 3 heteroatoms. The lowest BCUT2D eigenvalue weighted by Crippen LogP contribution is -1.86. The van der Waals surface area contributed by atoms with Gasteiger partial charge in [0.25, 0.3) is 0 Å². The number of thioether (sulfide) groups is 1. The van der Waals surface area contributed by atoms with E-state index in [1.165, 1.54) is 5.56 Å². The van der Waals surface area contributed by atoms with Crippen LogP contribution in [-0.2, 0) is 0 Å². The Morgan fingerprint density at radius 3 is 2.93 bits per heavy atom. The van der Waals surface area contributed by atoms with Gasteiger partial charge in [-0.1, -0.05) is 6.07 Å². The van der Waals surface area contributed by atoms with Gasteiger partial charge in [-0.2, -0.15) is 5.26 Å². The van der Waals surface area contributed by atoms with E-state index in [4.69, 9.17) is 16.9 Å². The van der Waals surface area contributed by atoms with E-state index >= 15 is 0 Å². The van der Waals surface area contributed by atoms with Gasteiger partial charge in [0.1, 0.15) is 6.07 Å². The summed E-state index contributed by atoms with van der Waals surface area (Å²) in [6, 6.07) is 8.08. The highest BCUT2D eigenvalue weighted by Gasteiger charge is 2.02. The monoisotopic (exact) mass is 225 g/mol. The molecule has 0 radical (unpaired) electrons. The van der Waals surface area contributed by atoms with Crippen molar-refractivity contribution in [2.24, 2.45) is 0 Å². The average Bonchev–Trinajstić information content (AvgIpc) is 2.19. The third-order valence-corrected chi connectivity index (χ3v) is 3.20. The van der Waals surface area contributed by atoms with Crippen LogP contribution < -0.4 is 0 Å². The fourth-order valence-corrected chi connectivity index (χ4v) is 2.42. The van der Waals surface area contributed by atoms with Crippen LogP contribution in [0.4, 0.5) is 0 Å². The van der Waals surface area contributed by atoms with Gasteiger partial charge in [0.2, 0.25) is 0 Å². The van der Waals surface area contributed by atoms with Crippen molar-refractivity contribution < 1.29 is 0 Å². The van der Waals surface area contributed by atoms with E-state index in [2.05, 4.69) is 12.1 Å².